The lowest BCUT2D eigenvalue weighted by molar-refractivity contribution is -0.127. The Balaban J connectivity index is 1.76. The number of amides is 3. The van der Waals surface area contributed by atoms with Crippen molar-refractivity contribution >= 4 is 35.2 Å². The second kappa shape index (κ2) is 12.1. The molecule has 2 rings (SSSR count). The summed E-state index contributed by atoms with van der Waals surface area (Å²) >= 11 is 5.85. The van der Waals surface area contributed by atoms with Gasteiger partial charge in [0, 0.05) is 30.2 Å². The number of nitrogens with one attached hydrogen (secondary N) is 3. The number of ether oxygens (including phenoxy) is 2. The molecule has 0 fully saturated rings. The number of carbonyl (C=O) groups is 3. The zero-order chi connectivity index (χ0) is 24.4. The third-order valence-electron chi connectivity index (χ3n) is 4.19. The summed E-state index contributed by atoms with van der Waals surface area (Å²) in [6, 6.07) is 13.9. The molecule has 0 aliphatic carbocycles. The zero-order valence-corrected chi connectivity index (χ0v) is 20.0. The fourth-order valence-electron chi connectivity index (χ4n) is 2.68. The summed E-state index contributed by atoms with van der Waals surface area (Å²) in [6.07, 6.45) is -1.16. The van der Waals surface area contributed by atoms with E-state index in [0.717, 1.165) is 5.56 Å². The first-order valence-electron chi connectivity index (χ1n) is 10.6. The summed E-state index contributed by atoms with van der Waals surface area (Å²) in [4.78, 5) is 36.1. The number of hydrogen-bond donors (Lipinski definition) is 3. The Morgan fingerprint density at radius 3 is 2.39 bits per heavy atom. The van der Waals surface area contributed by atoms with Crippen LogP contribution in [0.25, 0.3) is 0 Å². The number of carbonyl (C=O) groups excluding carboxylic acids is 3. The lowest BCUT2D eigenvalue weighted by Gasteiger charge is -2.19. The van der Waals surface area contributed by atoms with Crippen molar-refractivity contribution in [1.82, 2.24) is 10.6 Å². The lowest BCUT2D eigenvalue weighted by Crippen LogP contribution is -2.35. The van der Waals surface area contributed by atoms with Gasteiger partial charge in [-0.05, 0) is 69.7 Å². The topological polar surface area (TPSA) is 106 Å². The van der Waals surface area contributed by atoms with E-state index in [1.807, 2.05) is 6.07 Å². The van der Waals surface area contributed by atoms with E-state index in [1.54, 1.807) is 70.2 Å². The standard InChI is InChI=1S/C24H30ClN3O5/c1-16(32-20-10-8-18(25)9-11-20)22(30)27-15-17-6-5-7-19(14-17)28-21(29)12-13-26-23(31)33-24(2,3)4/h5-11,14,16H,12-13,15H2,1-4H3,(H,26,31)(H,27,30)(H,28,29). The molecule has 3 N–H and O–H groups in total. The SMILES string of the molecule is CC(Oc1ccc(Cl)cc1)C(=O)NCc1cccc(NC(=O)CCNC(=O)OC(C)(C)C)c1. The molecule has 9 heteroatoms. The molecule has 1 atom stereocenters. The van der Waals surface area contributed by atoms with Crippen LogP contribution in [0.2, 0.25) is 5.02 Å². The van der Waals surface area contributed by atoms with Crippen molar-refractivity contribution in [3.63, 3.8) is 0 Å². The normalized spacial score (nSPS) is 11.8. The molecule has 178 valence electrons. The highest BCUT2D eigenvalue weighted by molar-refractivity contribution is 6.30. The Morgan fingerprint density at radius 2 is 1.73 bits per heavy atom. The number of benzene rings is 2. The van der Waals surface area contributed by atoms with E-state index in [1.165, 1.54) is 0 Å². The van der Waals surface area contributed by atoms with E-state index in [9.17, 15) is 14.4 Å². The van der Waals surface area contributed by atoms with Crippen LogP contribution >= 0.6 is 11.6 Å². The fourth-order valence-corrected chi connectivity index (χ4v) is 2.80. The van der Waals surface area contributed by atoms with Crippen molar-refractivity contribution in [1.29, 1.82) is 0 Å². The third kappa shape index (κ3) is 10.3. The van der Waals surface area contributed by atoms with Crippen molar-refractivity contribution in [2.24, 2.45) is 0 Å². The highest BCUT2D eigenvalue weighted by Crippen LogP contribution is 2.17. The van der Waals surface area contributed by atoms with Crippen LogP contribution < -0.4 is 20.7 Å². The minimum atomic E-state index is -0.688. The summed E-state index contributed by atoms with van der Waals surface area (Å²) in [5.74, 6) is 0.0257. The smallest absolute Gasteiger partial charge is 0.407 e. The molecule has 0 heterocycles. The molecular formula is C24H30ClN3O5. The molecule has 3 amide bonds. The van der Waals surface area contributed by atoms with Crippen LogP contribution in [-0.4, -0.2) is 36.2 Å². The lowest BCUT2D eigenvalue weighted by atomic mass is 10.2. The van der Waals surface area contributed by atoms with Gasteiger partial charge in [-0.2, -0.15) is 0 Å². The molecule has 0 radical (unpaired) electrons. The van der Waals surface area contributed by atoms with Gasteiger partial charge in [-0.3, -0.25) is 9.59 Å². The van der Waals surface area contributed by atoms with Gasteiger partial charge in [-0.15, -0.1) is 0 Å². The van der Waals surface area contributed by atoms with E-state index in [-0.39, 0.29) is 31.3 Å². The van der Waals surface area contributed by atoms with Gasteiger partial charge in [-0.25, -0.2) is 4.79 Å². The number of hydrogen-bond acceptors (Lipinski definition) is 5. The van der Waals surface area contributed by atoms with Crippen molar-refractivity contribution in [2.75, 3.05) is 11.9 Å². The molecule has 0 aromatic heterocycles. The van der Waals surface area contributed by atoms with E-state index >= 15 is 0 Å². The van der Waals surface area contributed by atoms with Crippen molar-refractivity contribution in [3.05, 3.63) is 59.1 Å². The maximum absolute atomic E-state index is 12.3. The molecule has 0 aliphatic heterocycles. The second-order valence-electron chi connectivity index (χ2n) is 8.36. The molecule has 8 nitrogen and oxygen atoms in total. The van der Waals surface area contributed by atoms with Gasteiger partial charge < -0.3 is 25.4 Å². The first kappa shape index (κ1) is 26.0. The zero-order valence-electron chi connectivity index (χ0n) is 19.2. The average molecular weight is 476 g/mol. The number of rotatable bonds is 9. The Hall–Kier alpha value is -3.26. The highest BCUT2D eigenvalue weighted by Gasteiger charge is 2.16. The molecule has 0 spiro atoms. The van der Waals surface area contributed by atoms with Crippen LogP contribution in [0.3, 0.4) is 0 Å². The average Bonchev–Trinajstić information content (AvgIpc) is 2.72. The van der Waals surface area contributed by atoms with E-state index in [2.05, 4.69) is 16.0 Å². The second-order valence-corrected chi connectivity index (χ2v) is 8.80. The first-order chi connectivity index (χ1) is 15.5. The molecule has 1 unspecified atom stereocenters. The van der Waals surface area contributed by atoms with Crippen LogP contribution in [0, 0.1) is 0 Å². The molecule has 0 aliphatic rings. The number of alkyl carbamates (subject to hydrolysis) is 1. The van der Waals surface area contributed by atoms with Gasteiger partial charge >= 0.3 is 6.09 Å². The Morgan fingerprint density at radius 1 is 1.03 bits per heavy atom. The van der Waals surface area contributed by atoms with Gasteiger partial charge in [0.15, 0.2) is 6.10 Å². The fraction of sp³-hybridized carbons (Fsp3) is 0.375. The maximum Gasteiger partial charge on any atom is 0.407 e. The largest absolute Gasteiger partial charge is 0.481 e. The summed E-state index contributed by atoms with van der Waals surface area (Å²) < 4.78 is 10.7. The molecule has 0 saturated carbocycles. The van der Waals surface area contributed by atoms with Crippen molar-refractivity contribution < 1.29 is 23.9 Å². The maximum atomic E-state index is 12.3. The summed E-state index contributed by atoms with van der Waals surface area (Å²) in [5.41, 5.74) is 0.809. The molecule has 2 aromatic carbocycles. The molecule has 0 bridgehead atoms. The monoisotopic (exact) mass is 475 g/mol. The molecular weight excluding hydrogens is 446 g/mol. The molecule has 2 aromatic rings. The van der Waals surface area contributed by atoms with Gasteiger partial charge in [0.1, 0.15) is 11.4 Å². The van der Waals surface area contributed by atoms with Gasteiger partial charge in [0.2, 0.25) is 5.91 Å². The Bertz CT molecular complexity index is 957. The Kier molecular flexibility index (Phi) is 9.54. The van der Waals surface area contributed by atoms with Gasteiger partial charge in [0.05, 0.1) is 0 Å². The quantitative estimate of drug-likeness (QED) is 0.502. The molecule has 33 heavy (non-hydrogen) atoms. The summed E-state index contributed by atoms with van der Waals surface area (Å²) in [5, 5.41) is 8.72. The van der Waals surface area contributed by atoms with E-state index in [4.69, 9.17) is 21.1 Å². The van der Waals surface area contributed by atoms with E-state index in [0.29, 0.717) is 16.5 Å². The van der Waals surface area contributed by atoms with Crippen LogP contribution in [0.1, 0.15) is 39.7 Å². The van der Waals surface area contributed by atoms with Crippen LogP contribution in [0.5, 0.6) is 5.75 Å². The van der Waals surface area contributed by atoms with E-state index < -0.39 is 17.8 Å². The minimum Gasteiger partial charge on any atom is -0.481 e. The summed E-state index contributed by atoms with van der Waals surface area (Å²) in [6.45, 7) is 7.39. The number of halogens is 1. The van der Waals surface area contributed by atoms with Gasteiger partial charge in [-0.1, -0.05) is 23.7 Å². The predicted octanol–water partition coefficient (Wildman–Crippen LogP) is 4.28. The molecule has 0 saturated heterocycles. The van der Waals surface area contributed by atoms with Crippen LogP contribution in [0.15, 0.2) is 48.5 Å². The number of anilines is 1. The van der Waals surface area contributed by atoms with Crippen molar-refractivity contribution in [3.8, 4) is 5.75 Å². The van der Waals surface area contributed by atoms with Crippen LogP contribution in [0.4, 0.5) is 10.5 Å². The Labute approximate surface area is 199 Å². The highest BCUT2D eigenvalue weighted by atomic mass is 35.5. The van der Waals surface area contributed by atoms with Crippen LogP contribution in [-0.2, 0) is 20.9 Å². The third-order valence-corrected chi connectivity index (χ3v) is 4.45. The van der Waals surface area contributed by atoms with Crippen molar-refractivity contribution in [2.45, 2.75) is 52.4 Å². The minimum absolute atomic E-state index is 0.0970. The van der Waals surface area contributed by atoms with Gasteiger partial charge in [0.25, 0.3) is 5.91 Å². The predicted molar refractivity (Wildman–Crippen MR) is 127 cm³/mol. The first-order valence-corrected chi connectivity index (χ1v) is 11.0. The summed E-state index contributed by atoms with van der Waals surface area (Å²) in [7, 11) is 0.